The van der Waals surface area contributed by atoms with Crippen molar-refractivity contribution in [1.82, 2.24) is 0 Å². The average molecular weight is 1040 g/mol. The van der Waals surface area contributed by atoms with Crippen LogP contribution in [0.1, 0.15) is 265 Å². The number of ether oxygens (including phenoxy) is 3. The molecule has 75 heavy (non-hydrogen) atoms. The lowest BCUT2D eigenvalue weighted by Crippen LogP contribution is -2.30. The number of unbranched alkanes of at least 4 members (excludes halogenated alkanes) is 21. The number of hydrogen-bond acceptors (Lipinski definition) is 6. The van der Waals surface area contributed by atoms with Crippen LogP contribution in [0.5, 0.6) is 0 Å². The highest BCUT2D eigenvalue weighted by atomic mass is 16.6. The molecule has 0 saturated carbocycles. The molecule has 0 aromatic heterocycles. The van der Waals surface area contributed by atoms with E-state index < -0.39 is 6.10 Å². The van der Waals surface area contributed by atoms with Crippen LogP contribution in [-0.2, 0) is 28.6 Å². The first-order valence-corrected chi connectivity index (χ1v) is 30.7. The molecule has 0 radical (unpaired) electrons. The molecular formula is C69H112O6. The van der Waals surface area contributed by atoms with E-state index in [1.165, 1.54) is 103 Å². The molecule has 0 bridgehead atoms. The van der Waals surface area contributed by atoms with Crippen molar-refractivity contribution >= 4 is 17.9 Å². The zero-order valence-electron chi connectivity index (χ0n) is 48.5. The fourth-order valence-electron chi connectivity index (χ4n) is 8.09. The predicted molar refractivity (Wildman–Crippen MR) is 325 cm³/mol. The van der Waals surface area contributed by atoms with Crippen LogP contribution in [0, 0.1) is 0 Å². The van der Waals surface area contributed by atoms with Crippen molar-refractivity contribution < 1.29 is 28.6 Å². The molecule has 0 aromatic rings. The Balaban J connectivity index is 4.52. The summed E-state index contributed by atoms with van der Waals surface area (Å²) in [7, 11) is 0. The smallest absolute Gasteiger partial charge is 0.306 e. The lowest BCUT2D eigenvalue weighted by atomic mass is 10.0. The van der Waals surface area contributed by atoms with E-state index in [2.05, 4.69) is 154 Å². The summed E-state index contributed by atoms with van der Waals surface area (Å²) in [5, 5.41) is 0. The van der Waals surface area contributed by atoms with Crippen molar-refractivity contribution in [2.75, 3.05) is 13.2 Å². The Labute approximate surface area is 462 Å². The fourth-order valence-corrected chi connectivity index (χ4v) is 8.09. The zero-order chi connectivity index (χ0) is 54.3. The molecule has 1 unspecified atom stereocenters. The maximum absolute atomic E-state index is 12.9. The first-order valence-electron chi connectivity index (χ1n) is 30.7. The van der Waals surface area contributed by atoms with E-state index >= 15 is 0 Å². The second kappa shape index (κ2) is 62.1. The molecule has 0 fully saturated rings. The molecule has 6 heteroatoms. The molecule has 0 amide bonds. The molecule has 1 atom stereocenters. The van der Waals surface area contributed by atoms with Crippen LogP contribution in [0.25, 0.3) is 0 Å². The topological polar surface area (TPSA) is 78.9 Å². The summed E-state index contributed by atoms with van der Waals surface area (Å²) in [6.07, 6.45) is 87.4. The molecule has 6 nitrogen and oxygen atoms in total. The maximum atomic E-state index is 12.9. The Bertz CT molecular complexity index is 1620. The minimum atomic E-state index is -0.825. The molecule has 0 aliphatic rings. The average Bonchev–Trinajstić information content (AvgIpc) is 3.41. The second-order valence-corrected chi connectivity index (χ2v) is 19.8. The van der Waals surface area contributed by atoms with Gasteiger partial charge in [-0.1, -0.05) is 251 Å². The fraction of sp³-hybridized carbons (Fsp3) is 0.638. The Morgan fingerprint density at radius 2 is 0.533 bits per heavy atom. The molecule has 0 saturated heterocycles. The van der Waals surface area contributed by atoms with E-state index in [0.717, 1.165) is 109 Å². The van der Waals surface area contributed by atoms with Crippen LogP contribution in [0.3, 0.4) is 0 Å². The lowest BCUT2D eigenvalue weighted by molar-refractivity contribution is -0.167. The summed E-state index contributed by atoms with van der Waals surface area (Å²) in [4.78, 5) is 38.3. The van der Waals surface area contributed by atoms with Crippen LogP contribution in [-0.4, -0.2) is 37.2 Å². The van der Waals surface area contributed by atoms with E-state index in [4.69, 9.17) is 14.2 Å². The summed E-state index contributed by atoms with van der Waals surface area (Å²) in [5.74, 6) is -1.01. The highest BCUT2D eigenvalue weighted by Crippen LogP contribution is 2.15. The maximum Gasteiger partial charge on any atom is 0.306 e. The van der Waals surface area contributed by atoms with Gasteiger partial charge in [0.05, 0.1) is 0 Å². The Morgan fingerprint density at radius 3 is 0.893 bits per heavy atom. The standard InChI is InChI=1S/C69H112O6/c1-4-7-10-13-16-19-22-25-28-31-33-34-36-38-41-44-47-50-53-56-59-62-68(71)74-65-66(64-73-67(70)61-58-55-52-49-46-43-40-37-30-27-24-21-18-15-12-9-6-3)75-69(72)63-60-57-54-51-48-45-42-39-35-32-29-26-23-20-17-14-11-8-5-2/h8-9,11-12,17-18,20-21,25-30,35,39-40,43,45,48-49,52,66H,4-7,10,13-16,19,22-24,31-34,36-38,41-42,44,46-47,50-51,53-65H2,1-3H3/b11-8-,12-9-,20-17-,21-18-,28-25-,29-26-,30-27-,39-35-,43-40-,48-45-,52-49-. The summed E-state index contributed by atoms with van der Waals surface area (Å²) >= 11 is 0. The van der Waals surface area contributed by atoms with Crippen LogP contribution in [0.4, 0.5) is 0 Å². The Hall–Kier alpha value is -4.45. The zero-order valence-corrected chi connectivity index (χ0v) is 48.5. The highest BCUT2D eigenvalue weighted by molar-refractivity contribution is 5.71. The van der Waals surface area contributed by atoms with Gasteiger partial charge in [0.1, 0.15) is 13.2 Å². The summed E-state index contributed by atoms with van der Waals surface area (Å²) in [6.45, 7) is 6.34. The molecular weight excluding hydrogens is 925 g/mol. The van der Waals surface area contributed by atoms with Crippen molar-refractivity contribution in [3.05, 3.63) is 134 Å². The van der Waals surface area contributed by atoms with Gasteiger partial charge in [-0.25, -0.2) is 0 Å². The van der Waals surface area contributed by atoms with Crippen LogP contribution in [0.2, 0.25) is 0 Å². The summed E-state index contributed by atoms with van der Waals surface area (Å²) in [6, 6.07) is 0. The molecule has 0 N–H and O–H groups in total. The molecule has 0 rings (SSSR count). The van der Waals surface area contributed by atoms with Crippen molar-refractivity contribution in [1.29, 1.82) is 0 Å². The van der Waals surface area contributed by atoms with Crippen LogP contribution >= 0.6 is 0 Å². The molecule has 0 aliphatic carbocycles. The van der Waals surface area contributed by atoms with E-state index in [1.807, 2.05) is 0 Å². The molecule has 0 aliphatic heterocycles. The summed E-state index contributed by atoms with van der Waals surface area (Å²) < 4.78 is 16.8. The van der Waals surface area contributed by atoms with Gasteiger partial charge in [0.15, 0.2) is 6.10 Å². The van der Waals surface area contributed by atoms with Crippen molar-refractivity contribution in [2.45, 2.75) is 271 Å². The predicted octanol–water partition coefficient (Wildman–Crippen LogP) is 21.0. The largest absolute Gasteiger partial charge is 0.462 e. The first-order chi connectivity index (χ1) is 37.0. The highest BCUT2D eigenvalue weighted by Gasteiger charge is 2.19. The van der Waals surface area contributed by atoms with E-state index in [9.17, 15) is 14.4 Å². The van der Waals surface area contributed by atoms with E-state index in [-0.39, 0.29) is 44.0 Å². The van der Waals surface area contributed by atoms with E-state index in [1.54, 1.807) is 0 Å². The molecule has 0 spiro atoms. The minimum absolute atomic E-state index is 0.113. The first kappa shape index (κ1) is 70.5. The third-order valence-electron chi connectivity index (χ3n) is 12.6. The monoisotopic (exact) mass is 1040 g/mol. The van der Waals surface area contributed by atoms with Crippen molar-refractivity contribution in [3.63, 3.8) is 0 Å². The third-order valence-corrected chi connectivity index (χ3v) is 12.6. The van der Waals surface area contributed by atoms with Gasteiger partial charge in [-0.05, 0) is 128 Å². The number of rotatable bonds is 54. The van der Waals surface area contributed by atoms with Crippen LogP contribution in [0.15, 0.2) is 134 Å². The molecule has 424 valence electrons. The Kier molecular flexibility index (Phi) is 58.4. The van der Waals surface area contributed by atoms with Gasteiger partial charge in [-0.2, -0.15) is 0 Å². The lowest BCUT2D eigenvalue weighted by Gasteiger charge is -2.18. The van der Waals surface area contributed by atoms with Gasteiger partial charge >= 0.3 is 17.9 Å². The van der Waals surface area contributed by atoms with Crippen LogP contribution < -0.4 is 0 Å². The molecule has 0 heterocycles. The summed E-state index contributed by atoms with van der Waals surface area (Å²) in [5.41, 5.74) is 0. The number of hydrogen-bond donors (Lipinski definition) is 0. The number of allylic oxidation sites excluding steroid dienone is 22. The SMILES string of the molecule is CC/C=C\C/C=C\C/C=C\C/C=C\C/C=C\CCCCCC(=O)OC(COC(=O)CCC/C=C\C/C=C\C/C=C\C/C=C\C/C=C\CC)COC(=O)CCCCCCCCCCCCC/C=C\CCCCCCCC. The normalized spacial score (nSPS) is 13.1. The second-order valence-electron chi connectivity index (χ2n) is 19.8. The van der Waals surface area contributed by atoms with Gasteiger partial charge in [-0.3, -0.25) is 14.4 Å². The van der Waals surface area contributed by atoms with Gasteiger partial charge in [0.2, 0.25) is 0 Å². The van der Waals surface area contributed by atoms with Crippen molar-refractivity contribution in [2.24, 2.45) is 0 Å². The number of esters is 3. The quantitative estimate of drug-likeness (QED) is 0.0261. The van der Waals surface area contributed by atoms with Gasteiger partial charge in [0, 0.05) is 19.3 Å². The minimum Gasteiger partial charge on any atom is -0.462 e. The third kappa shape index (κ3) is 60.3. The number of carbonyl (C=O) groups is 3. The van der Waals surface area contributed by atoms with Gasteiger partial charge < -0.3 is 14.2 Å². The number of carbonyl (C=O) groups excluding carboxylic acids is 3. The van der Waals surface area contributed by atoms with Gasteiger partial charge in [0.25, 0.3) is 0 Å². The molecule has 0 aromatic carbocycles. The van der Waals surface area contributed by atoms with E-state index in [0.29, 0.717) is 19.3 Å². The Morgan fingerprint density at radius 1 is 0.280 bits per heavy atom. The van der Waals surface area contributed by atoms with Gasteiger partial charge in [-0.15, -0.1) is 0 Å². The van der Waals surface area contributed by atoms with Crippen molar-refractivity contribution in [3.8, 4) is 0 Å².